The van der Waals surface area contributed by atoms with E-state index in [4.69, 9.17) is 31.2 Å². The second-order valence-corrected chi connectivity index (χ2v) is 9.04. The second kappa shape index (κ2) is 11.4. The molecule has 1 heterocycles. The summed E-state index contributed by atoms with van der Waals surface area (Å²) in [5.74, 6) is 1.67. The van der Waals surface area contributed by atoms with Crippen LogP contribution in [0.3, 0.4) is 0 Å². The first kappa shape index (κ1) is 24.8. The largest absolute Gasteiger partial charge is 0.497 e. The molecule has 0 amide bonds. The Bertz CT molecular complexity index is 1080. The van der Waals surface area contributed by atoms with E-state index in [0.717, 1.165) is 54.1 Å². The van der Waals surface area contributed by atoms with E-state index in [1.54, 1.807) is 20.1 Å². The van der Waals surface area contributed by atoms with Gasteiger partial charge in [0.25, 0.3) is 0 Å². The summed E-state index contributed by atoms with van der Waals surface area (Å²) >= 11 is 5.47. The highest BCUT2D eigenvalue weighted by atomic mass is 32.1. The number of fused-ring (bicyclic) bond motifs is 1. The van der Waals surface area contributed by atoms with Crippen LogP contribution in [-0.2, 0) is 9.53 Å². The average molecular weight is 498 g/mol. The Morgan fingerprint density at radius 1 is 1.11 bits per heavy atom. The van der Waals surface area contributed by atoms with Gasteiger partial charge in [-0.2, -0.15) is 5.10 Å². The summed E-state index contributed by atoms with van der Waals surface area (Å²) in [5, 5.41) is 8.19. The van der Waals surface area contributed by atoms with Gasteiger partial charge >= 0.3 is 5.97 Å². The number of esters is 1. The van der Waals surface area contributed by atoms with Crippen molar-refractivity contribution in [1.82, 2.24) is 5.43 Å². The highest BCUT2D eigenvalue weighted by molar-refractivity contribution is 7.80. The molecule has 186 valence electrons. The fourth-order valence-electron chi connectivity index (χ4n) is 4.45. The molecular formula is C26H31N3O5S. The molecule has 0 atom stereocenters. The minimum atomic E-state index is -0.409. The fourth-order valence-corrected chi connectivity index (χ4v) is 4.62. The van der Waals surface area contributed by atoms with Crippen molar-refractivity contribution >= 4 is 34.7 Å². The predicted octanol–water partition coefficient (Wildman–Crippen LogP) is 4.81. The molecule has 0 aromatic heterocycles. The molecule has 1 fully saturated rings. The van der Waals surface area contributed by atoms with Gasteiger partial charge in [0.1, 0.15) is 22.8 Å². The quantitative estimate of drug-likeness (QED) is 0.320. The number of nitrogens with zero attached hydrogens (tertiary/aromatic N) is 1. The third-order valence-electron chi connectivity index (χ3n) is 6.15. The van der Waals surface area contributed by atoms with E-state index in [1.165, 1.54) is 6.42 Å². The molecule has 2 aromatic rings. The van der Waals surface area contributed by atoms with Crippen LogP contribution in [0.15, 0.2) is 47.6 Å². The number of anilines is 1. The molecule has 0 unspecified atom stereocenters. The molecule has 2 aliphatic rings. The molecular weight excluding hydrogens is 466 g/mol. The van der Waals surface area contributed by atoms with E-state index >= 15 is 0 Å². The number of benzene rings is 2. The van der Waals surface area contributed by atoms with E-state index in [9.17, 15) is 4.79 Å². The molecule has 2 aromatic carbocycles. The van der Waals surface area contributed by atoms with Gasteiger partial charge in [-0.15, -0.1) is 0 Å². The van der Waals surface area contributed by atoms with Crippen LogP contribution in [0, 0.1) is 0 Å². The van der Waals surface area contributed by atoms with Crippen LogP contribution in [-0.4, -0.2) is 42.7 Å². The maximum atomic E-state index is 11.7. The summed E-state index contributed by atoms with van der Waals surface area (Å²) in [6, 6.07) is 13.0. The van der Waals surface area contributed by atoms with Crippen molar-refractivity contribution in [3.63, 3.8) is 0 Å². The highest BCUT2D eigenvalue weighted by Gasteiger charge is 2.40. The Morgan fingerprint density at radius 3 is 2.57 bits per heavy atom. The number of thiocarbonyl (C=S) groups is 1. The monoisotopic (exact) mass is 497 g/mol. The van der Waals surface area contributed by atoms with E-state index in [1.807, 2.05) is 36.4 Å². The topological polar surface area (TPSA) is 90.4 Å². The Morgan fingerprint density at radius 2 is 1.86 bits per heavy atom. The van der Waals surface area contributed by atoms with Gasteiger partial charge in [0.15, 0.2) is 11.7 Å². The number of hydrogen-bond donors (Lipinski definition) is 2. The first-order chi connectivity index (χ1) is 17.0. The average Bonchev–Trinajstić information content (AvgIpc) is 2.87. The zero-order valence-electron chi connectivity index (χ0n) is 20.1. The maximum absolute atomic E-state index is 11.7. The highest BCUT2D eigenvalue weighted by Crippen LogP contribution is 2.43. The molecule has 9 heteroatoms. The van der Waals surface area contributed by atoms with Crippen LogP contribution in [0.1, 0.15) is 51.0 Å². The van der Waals surface area contributed by atoms with Crippen molar-refractivity contribution < 1.29 is 23.7 Å². The third-order valence-corrected chi connectivity index (χ3v) is 6.34. The van der Waals surface area contributed by atoms with Crippen molar-refractivity contribution in [2.75, 3.05) is 25.6 Å². The van der Waals surface area contributed by atoms with Crippen LogP contribution in [0.2, 0.25) is 0 Å². The molecule has 8 nitrogen and oxygen atoms in total. The summed E-state index contributed by atoms with van der Waals surface area (Å²) < 4.78 is 22.3. The molecule has 4 rings (SSSR count). The lowest BCUT2D eigenvalue weighted by Crippen LogP contribution is -2.44. The van der Waals surface area contributed by atoms with Gasteiger partial charge in [-0.3, -0.25) is 5.43 Å². The van der Waals surface area contributed by atoms with E-state index < -0.39 is 5.97 Å². The van der Waals surface area contributed by atoms with Crippen LogP contribution in [0.5, 0.6) is 17.2 Å². The Hall–Kier alpha value is -3.33. The van der Waals surface area contributed by atoms with Crippen LogP contribution in [0.4, 0.5) is 5.69 Å². The first-order valence-corrected chi connectivity index (χ1v) is 12.3. The number of hydrazone groups is 1. The van der Waals surface area contributed by atoms with Gasteiger partial charge in [-0.25, -0.2) is 4.79 Å². The number of hydrogen-bond acceptors (Lipinski definition) is 7. The number of carbonyl (C=O) groups excluding carboxylic acids is 1. The summed E-state index contributed by atoms with van der Waals surface area (Å²) in [7, 11) is 1.63. The van der Waals surface area contributed by atoms with Gasteiger partial charge in [0.05, 0.1) is 19.4 Å². The van der Waals surface area contributed by atoms with Gasteiger partial charge in [-0.05, 0) is 87.3 Å². The molecule has 1 saturated carbocycles. The minimum absolute atomic E-state index is 0.155. The van der Waals surface area contributed by atoms with Crippen molar-refractivity contribution in [2.45, 2.75) is 51.0 Å². The summed E-state index contributed by atoms with van der Waals surface area (Å²) in [5.41, 5.74) is 5.22. The lowest BCUT2D eigenvalue weighted by atomic mass is 9.78. The Balaban J connectivity index is 1.52. The van der Waals surface area contributed by atoms with Crippen LogP contribution in [0.25, 0.3) is 0 Å². The second-order valence-electron chi connectivity index (χ2n) is 8.63. The minimum Gasteiger partial charge on any atom is -0.497 e. The standard InChI is InChI=1S/C26H31N3O5S/c1-3-32-24(30)17-33-20-11-12-23-21(15-20)22(16-26(34-23)13-5-4-6-14-26)28-29-25(35)27-18-7-9-19(31-2)10-8-18/h7-12,15H,3-6,13-14,16-17H2,1-2H3,(H2,27,29,35). The van der Waals surface area contributed by atoms with E-state index in [-0.39, 0.29) is 12.2 Å². The molecule has 0 bridgehead atoms. The molecule has 1 aliphatic carbocycles. The van der Waals surface area contributed by atoms with Gasteiger partial charge in [-0.1, -0.05) is 6.42 Å². The molecule has 1 aliphatic heterocycles. The Kier molecular flexibility index (Phi) is 8.07. The van der Waals surface area contributed by atoms with Crippen LogP contribution >= 0.6 is 12.2 Å². The molecule has 35 heavy (non-hydrogen) atoms. The summed E-state index contributed by atoms with van der Waals surface area (Å²) in [6.45, 7) is 1.92. The SMILES string of the molecule is CCOC(=O)COc1ccc2c(c1)C(=NNC(=S)Nc1ccc(OC)cc1)CC1(CCCCC1)O2. The van der Waals surface area contributed by atoms with Crippen molar-refractivity contribution in [3.05, 3.63) is 48.0 Å². The molecule has 2 N–H and O–H groups in total. The smallest absolute Gasteiger partial charge is 0.344 e. The zero-order chi connectivity index (χ0) is 24.7. The normalized spacial score (nSPS) is 17.1. The number of rotatable bonds is 7. The lowest BCUT2D eigenvalue weighted by Gasteiger charge is -2.41. The van der Waals surface area contributed by atoms with E-state index in [0.29, 0.717) is 23.9 Å². The Labute approximate surface area is 211 Å². The van der Waals surface area contributed by atoms with Gasteiger partial charge in [0, 0.05) is 17.7 Å². The van der Waals surface area contributed by atoms with Gasteiger partial charge in [0.2, 0.25) is 0 Å². The first-order valence-electron chi connectivity index (χ1n) is 11.9. The number of methoxy groups -OCH3 is 1. The van der Waals surface area contributed by atoms with Crippen LogP contribution < -0.4 is 25.0 Å². The maximum Gasteiger partial charge on any atom is 0.344 e. The molecule has 0 radical (unpaired) electrons. The van der Waals surface area contributed by atoms with Gasteiger partial charge < -0.3 is 24.3 Å². The van der Waals surface area contributed by atoms with Crippen molar-refractivity contribution in [3.8, 4) is 17.2 Å². The summed E-state index contributed by atoms with van der Waals surface area (Å²) in [6.07, 6.45) is 6.13. The van der Waals surface area contributed by atoms with Crippen molar-refractivity contribution in [1.29, 1.82) is 0 Å². The lowest BCUT2D eigenvalue weighted by molar-refractivity contribution is -0.145. The number of carbonyl (C=O) groups is 1. The zero-order valence-corrected chi connectivity index (χ0v) is 20.9. The van der Waals surface area contributed by atoms with E-state index in [2.05, 4.69) is 15.8 Å². The fraction of sp³-hybridized carbons (Fsp3) is 0.423. The predicted molar refractivity (Wildman–Crippen MR) is 139 cm³/mol. The number of ether oxygens (including phenoxy) is 4. The number of nitrogens with one attached hydrogen (secondary N) is 2. The summed E-state index contributed by atoms with van der Waals surface area (Å²) in [4.78, 5) is 11.7. The van der Waals surface area contributed by atoms with Crippen molar-refractivity contribution in [2.24, 2.45) is 5.10 Å². The third kappa shape index (κ3) is 6.42. The molecule has 1 spiro atoms. The molecule has 0 saturated heterocycles.